The summed E-state index contributed by atoms with van der Waals surface area (Å²) in [7, 11) is -1.68. The summed E-state index contributed by atoms with van der Waals surface area (Å²) in [5.74, 6) is 0.570. The molecule has 0 spiro atoms. The second-order valence-electron chi connectivity index (χ2n) is 6.01. The summed E-state index contributed by atoms with van der Waals surface area (Å²) in [6, 6.07) is 7.89. The second-order valence-corrected chi connectivity index (χ2v) is 8.62. The minimum Gasteiger partial charge on any atom is -0.496 e. The molecule has 0 aliphatic carbocycles. The maximum absolute atomic E-state index is 12.4. The van der Waals surface area contributed by atoms with E-state index in [9.17, 15) is 13.2 Å². The molecule has 0 saturated carbocycles. The molecule has 1 heterocycles. The van der Waals surface area contributed by atoms with Crippen LogP contribution in [0.2, 0.25) is 0 Å². The second kappa shape index (κ2) is 7.98. The summed E-state index contributed by atoms with van der Waals surface area (Å²) in [5, 5.41) is -0.955. The number of benzene rings is 1. The zero-order chi connectivity index (χ0) is 17.7. The Hall–Kier alpha value is -1.60. The lowest BCUT2D eigenvalue weighted by Crippen LogP contribution is -2.52. The number of para-hydroxylation sites is 1. The molecule has 1 fully saturated rings. The Morgan fingerprint density at radius 1 is 1.21 bits per heavy atom. The highest BCUT2D eigenvalue weighted by Gasteiger charge is 2.32. The highest BCUT2D eigenvalue weighted by molar-refractivity contribution is 7.92. The average molecular weight is 354 g/mol. The monoisotopic (exact) mass is 354 g/mol. The smallest absolute Gasteiger partial charge is 0.240 e. The van der Waals surface area contributed by atoms with Crippen LogP contribution >= 0.6 is 0 Å². The summed E-state index contributed by atoms with van der Waals surface area (Å²) in [4.78, 5) is 16.3. The van der Waals surface area contributed by atoms with E-state index in [-0.39, 0.29) is 11.7 Å². The Bertz CT molecular complexity index is 667. The lowest BCUT2D eigenvalue weighted by Gasteiger charge is -2.36. The molecule has 0 N–H and O–H groups in total. The minimum atomic E-state index is -3.34. The molecule has 7 heteroatoms. The molecular weight excluding hydrogens is 328 g/mol. The summed E-state index contributed by atoms with van der Waals surface area (Å²) < 4.78 is 29.1. The molecule has 1 aromatic rings. The molecule has 1 unspecified atom stereocenters. The number of carbonyl (C=O) groups excluding carboxylic acids is 1. The number of hydrogen-bond donors (Lipinski definition) is 0. The first-order valence-electron chi connectivity index (χ1n) is 8.23. The fourth-order valence-corrected chi connectivity index (χ4v) is 3.82. The molecule has 1 aromatic carbocycles. The van der Waals surface area contributed by atoms with Gasteiger partial charge in [0, 0.05) is 44.0 Å². The van der Waals surface area contributed by atoms with Crippen molar-refractivity contribution in [3.8, 4) is 5.75 Å². The largest absolute Gasteiger partial charge is 0.496 e. The normalized spacial score (nSPS) is 17.5. The fraction of sp³-hybridized carbons (Fsp3) is 0.588. The van der Waals surface area contributed by atoms with Crippen LogP contribution in [0.15, 0.2) is 24.3 Å². The fourth-order valence-electron chi connectivity index (χ4n) is 2.86. The van der Waals surface area contributed by atoms with Crippen molar-refractivity contribution in [2.75, 3.05) is 39.0 Å². The van der Waals surface area contributed by atoms with Gasteiger partial charge in [-0.1, -0.05) is 25.1 Å². The van der Waals surface area contributed by atoms with Crippen LogP contribution in [-0.4, -0.2) is 68.4 Å². The first-order chi connectivity index (χ1) is 11.4. The third-order valence-corrected chi connectivity index (χ3v) is 6.64. The molecule has 24 heavy (non-hydrogen) atoms. The van der Waals surface area contributed by atoms with Gasteiger partial charge in [-0.15, -0.1) is 0 Å². The number of amides is 1. The molecule has 2 rings (SSSR count). The highest BCUT2D eigenvalue weighted by Crippen LogP contribution is 2.20. The molecule has 134 valence electrons. The molecule has 1 saturated heterocycles. The van der Waals surface area contributed by atoms with Crippen molar-refractivity contribution in [1.29, 1.82) is 0 Å². The van der Waals surface area contributed by atoms with Gasteiger partial charge < -0.3 is 9.64 Å². The number of methoxy groups -OCH3 is 1. The number of sulfone groups is 1. The Morgan fingerprint density at radius 3 is 2.42 bits per heavy atom. The van der Waals surface area contributed by atoms with Gasteiger partial charge in [0.25, 0.3) is 0 Å². The average Bonchev–Trinajstić information content (AvgIpc) is 2.61. The van der Waals surface area contributed by atoms with E-state index < -0.39 is 15.1 Å². The number of hydrogen-bond acceptors (Lipinski definition) is 5. The number of piperazine rings is 1. The SMILES string of the molecule is CCS(=O)(=O)C(C)C(=O)N1CCN(Cc2ccccc2OC)CC1. The van der Waals surface area contributed by atoms with E-state index in [1.165, 1.54) is 6.92 Å². The Labute approximate surface area is 144 Å². The summed E-state index contributed by atoms with van der Waals surface area (Å²) in [5.41, 5.74) is 1.11. The summed E-state index contributed by atoms with van der Waals surface area (Å²) in [6.07, 6.45) is 0. The van der Waals surface area contributed by atoms with Crippen LogP contribution in [0.3, 0.4) is 0 Å². The van der Waals surface area contributed by atoms with Crippen LogP contribution < -0.4 is 4.74 Å². The summed E-state index contributed by atoms with van der Waals surface area (Å²) >= 11 is 0. The predicted octanol–water partition coefficient (Wildman–Crippen LogP) is 1.16. The Morgan fingerprint density at radius 2 is 1.83 bits per heavy atom. The maximum atomic E-state index is 12.4. The van der Waals surface area contributed by atoms with E-state index in [1.807, 2.05) is 24.3 Å². The van der Waals surface area contributed by atoms with Crippen molar-refractivity contribution in [3.05, 3.63) is 29.8 Å². The van der Waals surface area contributed by atoms with E-state index in [1.54, 1.807) is 18.9 Å². The van der Waals surface area contributed by atoms with Crippen LogP contribution in [0.1, 0.15) is 19.4 Å². The van der Waals surface area contributed by atoms with Crippen LogP contribution in [0, 0.1) is 0 Å². The van der Waals surface area contributed by atoms with E-state index >= 15 is 0 Å². The van der Waals surface area contributed by atoms with Crippen LogP contribution in [0.5, 0.6) is 5.75 Å². The maximum Gasteiger partial charge on any atom is 0.240 e. The first kappa shape index (κ1) is 18.7. The molecular formula is C17H26N2O4S. The van der Waals surface area contributed by atoms with Gasteiger partial charge in [-0.05, 0) is 13.0 Å². The minimum absolute atomic E-state index is 0.00628. The summed E-state index contributed by atoms with van der Waals surface area (Å²) in [6.45, 7) is 6.38. The van der Waals surface area contributed by atoms with E-state index in [0.29, 0.717) is 13.1 Å². The molecule has 0 aromatic heterocycles. The van der Waals surface area contributed by atoms with Crippen LogP contribution in [0.25, 0.3) is 0 Å². The van der Waals surface area contributed by atoms with Gasteiger partial charge in [0.1, 0.15) is 11.0 Å². The van der Waals surface area contributed by atoms with Gasteiger partial charge in [0.2, 0.25) is 5.91 Å². The molecule has 0 bridgehead atoms. The number of ether oxygens (including phenoxy) is 1. The van der Waals surface area contributed by atoms with Crippen LogP contribution in [0.4, 0.5) is 0 Å². The van der Waals surface area contributed by atoms with Crippen molar-refractivity contribution >= 4 is 15.7 Å². The van der Waals surface area contributed by atoms with E-state index in [2.05, 4.69) is 4.90 Å². The zero-order valence-electron chi connectivity index (χ0n) is 14.6. The molecule has 6 nitrogen and oxygen atoms in total. The molecule has 1 atom stereocenters. The Kier molecular flexibility index (Phi) is 6.23. The lowest BCUT2D eigenvalue weighted by molar-refractivity contribution is -0.132. The third kappa shape index (κ3) is 4.27. The lowest BCUT2D eigenvalue weighted by atomic mass is 10.1. The predicted molar refractivity (Wildman–Crippen MR) is 93.8 cm³/mol. The van der Waals surface area contributed by atoms with Gasteiger partial charge in [-0.2, -0.15) is 0 Å². The number of carbonyl (C=O) groups is 1. The van der Waals surface area contributed by atoms with Crippen molar-refractivity contribution in [3.63, 3.8) is 0 Å². The Balaban J connectivity index is 1.93. The molecule has 1 amide bonds. The van der Waals surface area contributed by atoms with Crippen molar-refractivity contribution in [2.45, 2.75) is 25.6 Å². The van der Waals surface area contributed by atoms with Gasteiger partial charge in [0.15, 0.2) is 9.84 Å². The van der Waals surface area contributed by atoms with Crippen molar-refractivity contribution in [2.24, 2.45) is 0 Å². The standard InChI is InChI=1S/C17H26N2O4S/c1-4-24(21,22)14(2)17(20)19-11-9-18(10-12-19)13-15-7-5-6-8-16(15)23-3/h5-8,14H,4,9-13H2,1-3H3. The first-order valence-corrected chi connectivity index (χ1v) is 9.95. The zero-order valence-corrected chi connectivity index (χ0v) is 15.4. The van der Waals surface area contributed by atoms with Crippen molar-refractivity contribution < 1.29 is 17.9 Å². The van der Waals surface area contributed by atoms with Crippen molar-refractivity contribution in [1.82, 2.24) is 9.80 Å². The van der Waals surface area contributed by atoms with E-state index in [0.717, 1.165) is 30.9 Å². The molecule has 1 aliphatic rings. The van der Waals surface area contributed by atoms with Gasteiger partial charge >= 0.3 is 0 Å². The van der Waals surface area contributed by atoms with Gasteiger partial charge in [0.05, 0.1) is 7.11 Å². The topological polar surface area (TPSA) is 66.9 Å². The van der Waals surface area contributed by atoms with Gasteiger partial charge in [-0.25, -0.2) is 8.42 Å². The molecule has 0 radical (unpaired) electrons. The number of nitrogens with zero attached hydrogens (tertiary/aromatic N) is 2. The van der Waals surface area contributed by atoms with E-state index in [4.69, 9.17) is 4.74 Å². The number of rotatable bonds is 6. The quantitative estimate of drug-likeness (QED) is 0.767. The third-order valence-electron chi connectivity index (χ3n) is 4.56. The van der Waals surface area contributed by atoms with Gasteiger partial charge in [-0.3, -0.25) is 9.69 Å². The molecule has 1 aliphatic heterocycles. The van der Waals surface area contributed by atoms with Crippen LogP contribution in [-0.2, 0) is 21.2 Å². The highest BCUT2D eigenvalue weighted by atomic mass is 32.2.